The van der Waals surface area contributed by atoms with Crippen LogP contribution in [0.4, 0.5) is 5.69 Å². The highest BCUT2D eigenvalue weighted by Gasteiger charge is 2.79. The minimum atomic E-state index is -1.33. The minimum absolute atomic E-state index is 0.147. The number of hydrogen-bond acceptors (Lipinski definition) is 5. The molecule has 9 heteroatoms. The zero-order chi connectivity index (χ0) is 26.5. The molecule has 3 aliphatic rings. The molecule has 8 nitrogen and oxygen atoms in total. The van der Waals surface area contributed by atoms with Gasteiger partial charge in [-0.1, -0.05) is 48.0 Å². The van der Waals surface area contributed by atoms with Crippen molar-refractivity contribution >= 4 is 35.1 Å². The van der Waals surface area contributed by atoms with E-state index in [4.69, 9.17) is 16.3 Å². The van der Waals surface area contributed by atoms with E-state index in [0.717, 1.165) is 0 Å². The first-order valence-electron chi connectivity index (χ1n) is 12.3. The molecule has 0 aromatic heterocycles. The number of aliphatic hydroxyl groups is 1. The first kappa shape index (κ1) is 25.4. The van der Waals surface area contributed by atoms with Gasteiger partial charge < -0.3 is 24.7 Å². The molecule has 2 amide bonds. The molecule has 3 aliphatic heterocycles. The summed E-state index contributed by atoms with van der Waals surface area (Å²) in [7, 11) is 0. The molecule has 0 saturated carbocycles. The second-order valence-electron chi connectivity index (χ2n) is 10.1. The number of carbonyl (C=O) groups excluding carboxylic acids is 2. The van der Waals surface area contributed by atoms with Crippen molar-refractivity contribution < 1.29 is 29.3 Å². The molecule has 2 aromatic rings. The Morgan fingerprint density at radius 3 is 2.49 bits per heavy atom. The third-order valence-corrected chi connectivity index (χ3v) is 8.38. The molecule has 5 rings (SSSR count). The number of aliphatic carboxylic acids is 1. The Hall–Kier alpha value is -3.20. The molecule has 0 aliphatic carbocycles. The zero-order valence-corrected chi connectivity index (χ0v) is 21.2. The van der Waals surface area contributed by atoms with Gasteiger partial charge in [-0.3, -0.25) is 14.4 Å². The number of ether oxygens (including phenoxy) is 1. The lowest BCUT2D eigenvalue weighted by Gasteiger charge is -2.39. The zero-order valence-electron chi connectivity index (χ0n) is 20.4. The average molecular weight is 525 g/mol. The highest BCUT2D eigenvalue weighted by Crippen LogP contribution is 2.64. The first-order chi connectivity index (χ1) is 17.7. The van der Waals surface area contributed by atoms with Crippen LogP contribution in [-0.2, 0) is 19.1 Å². The third kappa shape index (κ3) is 3.77. The van der Waals surface area contributed by atoms with Crippen LogP contribution in [0.2, 0.25) is 5.02 Å². The topological polar surface area (TPSA) is 107 Å². The predicted molar refractivity (Wildman–Crippen MR) is 137 cm³/mol. The van der Waals surface area contributed by atoms with Crippen molar-refractivity contribution in [1.29, 1.82) is 0 Å². The van der Waals surface area contributed by atoms with Crippen LogP contribution in [0.15, 0.2) is 67.3 Å². The number of carbonyl (C=O) groups is 3. The molecule has 37 heavy (non-hydrogen) atoms. The van der Waals surface area contributed by atoms with Gasteiger partial charge in [0.05, 0.1) is 30.1 Å². The molecule has 2 aromatic carbocycles. The number of aliphatic hydroxyl groups excluding tert-OH is 1. The Labute approximate surface area is 220 Å². The summed E-state index contributed by atoms with van der Waals surface area (Å²) in [5, 5.41) is 21.2. The Kier molecular flexibility index (Phi) is 6.38. The van der Waals surface area contributed by atoms with Crippen molar-refractivity contribution in [1.82, 2.24) is 4.90 Å². The number of halogens is 1. The van der Waals surface area contributed by atoms with Gasteiger partial charge in [0.2, 0.25) is 5.91 Å². The minimum Gasteiger partial charge on any atom is -0.481 e. The maximum atomic E-state index is 14.5. The molecular formula is C28H29ClN2O6. The maximum Gasteiger partial charge on any atom is 0.310 e. The monoisotopic (exact) mass is 524 g/mol. The number of carboxylic acid groups (broad SMARTS) is 1. The Balaban J connectivity index is 1.67. The lowest BCUT2D eigenvalue weighted by molar-refractivity contribution is -0.155. The van der Waals surface area contributed by atoms with Crippen LogP contribution in [0.25, 0.3) is 0 Å². The lowest BCUT2D eigenvalue weighted by Crippen LogP contribution is -2.57. The maximum absolute atomic E-state index is 14.5. The van der Waals surface area contributed by atoms with Gasteiger partial charge in [0, 0.05) is 17.3 Å². The van der Waals surface area contributed by atoms with Crippen molar-refractivity contribution in [3.05, 3.63) is 77.8 Å². The fourth-order valence-electron chi connectivity index (χ4n) is 6.60. The van der Waals surface area contributed by atoms with Crippen molar-refractivity contribution in [3.8, 4) is 0 Å². The molecular weight excluding hydrogens is 496 g/mol. The van der Waals surface area contributed by atoms with Crippen molar-refractivity contribution in [2.45, 2.75) is 43.1 Å². The molecule has 3 saturated heterocycles. The van der Waals surface area contributed by atoms with Crippen LogP contribution >= 0.6 is 11.6 Å². The van der Waals surface area contributed by atoms with Crippen LogP contribution in [0.3, 0.4) is 0 Å². The highest BCUT2D eigenvalue weighted by molar-refractivity contribution is 6.30. The van der Waals surface area contributed by atoms with Crippen LogP contribution in [0.5, 0.6) is 0 Å². The van der Waals surface area contributed by atoms with E-state index in [-0.39, 0.29) is 6.54 Å². The molecule has 0 radical (unpaired) electrons. The van der Waals surface area contributed by atoms with Gasteiger partial charge in [0.1, 0.15) is 11.6 Å². The van der Waals surface area contributed by atoms with Crippen molar-refractivity contribution in [3.63, 3.8) is 0 Å². The van der Waals surface area contributed by atoms with E-state index in [1.165, 1.54) is 9.80 Å². The molecule has 2 bridgehead atoms. The fourth-order valence-corrected chi connectivity index (χ4v) is 6.73. The lowest BCUT2D eigenvalue weighted by atomic mass is 9.66. The predicted octanol–water partition coefficient (Wildman–Crippen LogP) is 3.44. The Morgan fingerprint density at radius 2 is 1.89 bits per heavy atom. The quantitative estimate of drug-likeness (QED) is 0.512. The number of fused-ring (bicyclic) bond motifs is 1. The number of benzene rings is 2. The van der Waals surface area contributed by atoms with Crippen LogP contribution in [0, 0.1) is 11.8 Å². The Morgan fingerprint density at radius 1 is 1.22 bits per heavy atom. The smallest absolute Gasteiger partial charge is 0.310 e. The van der Waals surface area contributed by atoms with E-state index in [2.05, 4.69) is 6.58 Å². The van der Waals surface area contributed by atoms with Gasteiger partial charge in [0.15, 0.2) is 0 Å². The van der Waals surface area contributed by atoms with E-state index < -0.39 is 59.5 Å². The highest BCUT2D eigenvalue weighted by atomic mass is 35.5. The second-order valence-corrected chi connectivity index (χ2v) is 10.6. The summed E-state index contributed by atoms with van der Waals surface area (Å²) in [5.74, 6) is -4.20. The number of likely N-dealkylation sites (tertiary alicyclic amines) is 1. The molecule has 1 spiro atoms. The summed E-state index contributed by atoms with van der Waals surface area (Å²) in [4.78, 5) is 43.9. The number of rotatable bonds is 8. The molecule has 3 fully saturated rings. The summed E-state index contributed by atoms with van der Waals surface area (Å²) >= 11 is 6.07. The number of amides is 2. The SMILES string of the molecule is C=CCN(C(=O)C1N([C@H](CO)c2ccccc2)C(=O)[C@@H]2[C@H](C(=O)O)[C@]3(C)CCC12O3)c1ccc(Cl)cc1. The van der Waals surface area contributed by atoms with E-state index in [1.54, 1.807) is 61.5 Å². The molecule has 3 heterocycles. The molecule has 194 valence electrons. The second kappa shape index (κ2) is 9.28. The summed E-state index contributed by atoms with van der Waals surface area (Å²) in [5.41, 5.74) is -1.21. The molecule has 2 unspecified atom stereocenters. The first-order valence-corrected chi connectivity index (χ1v) is 12.6. The number of carboxylic acids is 1. The molecule has 6 atom stereocenters. The van der Waals surface area contributed by atoms with Crippen LogP contribution in [-0.4, -0.2) is 63.3 Å². The normalized spacial score (nSPS) is 30.7. The van der Waals surface area contributed by atoms with Crippen LogP contribution < -0.4 is 4.90 Å². The van der Waals surface area contributed by atoms with Gasteiger partial charge in [-0.2, -0.15) is 0 Å². The third-order valence-electron chi connectivity index (χ3n) is 8.12. The number of nitrogens with zero attached hydrogens (tertiary/aromatic N) is 2. The summed E-state index contributed by atoms with van der Waals surface area (Å²) in [6.07, 6.45) is 2.34. The standard InChI is InChI=1S/C28H29ClN2O6/c1-3-15-30(19-11-9-18(29)10-12-19)25(34)23-28-14-13-27(2,37-28)22(26(35)36)21(28)24(33)31(23)20(16-32)17-7-5-4-6-8-17/h3-12,20-23,32H,1,13-16H2,2H3,(H,35,36)/t20-,21+,22-,23?,27+,28?/m1/s1. The summed E-state index contributed by atoms with van der Waals surface area (Å²) < 4.78 is 6.47. The van der Waals surface area contributed by atoms with Crippen molar-refractivity contribution in [2.75, 3.05) is 18.1 Å². The van der Waals surface area contributed by atoms with Gasteiger partial charge in [-0.25, -0.2) is 0 Å². The van der Waals surface area contributed by atoms with Gasteiger partial charge >= 0.3 is 5.97 Å². The fraction of sp³-hybridized carbons (Fsp3) is 0.393. The van der Waals surface area contributed by atoms with E-state index in [0.29, 0.717) is 29.1 Å². The van der Waals surface area contributed by atoms with E-state index in [9.17, 15) is 24.6 Å². The van der Waals surface area contributed by atoms with Crippen LogP contribution in [0.1, 0.15) is 31.4 Å². The largest absolute Gasteiger partial charge is 0.481 e. The molecule has 2 N–H and O–H groups in total. The number of anilines is 1. The summed E-state index contributed by atoms with van der Waals surface area (Å²) in [6.45, 7) is 5.20. The van der Waals surface area contributed by atoms with Crippen molar-refractivity contribution in [2.24, 2.45) is 11.8 Å². The van der Waals surface area contributed by atoms with Gasteiger partial charge in [0.25, 0.3) is 5.91 Å². The van der Waals surface area contributed by atoms with Gasteiger partial charge in [-0.05, 0) is 49.6 Å². The summed E-state index contributed by atoms with van der Waals surface area (Å²) in [6, 6.07) is 13.7. The Bertz CT molecular complexity index is 1240. The van der Waals surface area contributed by atoms with E-state index >= 15 is 0 Å². The van der Waals surface area contributed by atoms with Gasteiger partial charge in [-0.15, -0.1) is 6.58 Å². The average Bonchev–Trinajstić information content (AvgIpc) is 3.45. The van der Waals surface area contributed by atoms with E-state index in [1.807, 2.05) is 6.07 Å². The number of hydrogen-bond donors (Lipinski definition) is 2.